The third kappa shape index (κ3) is 2.84. The van der Waals surface area contributed by atoms with Gasteiger partial charge in [0.1, 0.15) is 0 Å². The van der Waals surface area contributed by atoms with Gasteiger partial charge in [-0.2, -0.15) is 0 Å². The van der Waals surface area contributed by atoms with Gasteiger partial charge >= 0.3 is 5.97 Å². The summed E-state index contributed by atoms with van der Waals surface area (Å²) in [4.78, 5) is 10.7. The number of hydrogen-bond acceptors (Lipinski definition) is 1. The molecule has 2 nitrogen and oxygen atoms in total. The molecule has 0 unspecified atom stereocenters. The lowest BCUT2D eigenvalue weighted by Gasteiger charge is -2.49. The Morgan fingerprint density at radius 2 is 1.92 bits per heavy atom. The van der Waals surface area contributed by atoms with E-state index in [1.165, 1.54) is 36.5 Å². The Bertz CT molecular complexity index is 783. The van der Waals surface area contributed by atoms with Crippen LogP contribution in [0, 0.1) is 22.2 Å². The van der Waals surface area contributed by atoms with E-state index < -0.39 is 5.97 Å². The van der Waals surface area contributed by atoms with Gasteiger partial charge in [-0.3, -0.25) is 0 Å². The average molecular weight is 353 g/mol. The maximum absolute atomic E-state index is 10.7. The summed E-state index contributed by atoms with van der Waals surface area (Å²) in [7, 11) is 0. The summed E-state index contributed by atoms with van der Waals surface area (Å²) < 4.78 is 0. The van der Waals surface area contributed by atoms with Gasteiger partial charge in [0.05, 0.1) is 0 Å². The fourth-order valence-electron chi connectivity index (χ4n) is 5.63. The van der Waals surface area contributed by atoms with Crippen molar-refractivity contribution in [2.45, 2.75) is 60.8 Å². The van der Waals surface area contributed by atoms with E-state index in [-0.39, 0.29) is 5.41 Å². The largest absolute Gasteiger partial charge is 0.478 e. The molecule has 0 aromatic heterocycles. The molecule has 0 amide bonds. The van der Waals surface area contributed by atoms with E-state index in [1.807, 2.05) is 12.2 Å². The third-order valence-corrected chi connectivity index (χ3v) is 7.31. The first-order chi connectivity index (χ1) is 12.0. The fourth-order valence-corrected chi connectivity index (χ4v) is 5.63. The zero-order valence-electron chi connectivity index (χ0n) is 17.0. The molecule has 0 saturated heterocycles. The van der Waals surface area contributed by atoms with Crippen LogP contribution in [0.4, 0.5) is 0 Å². The minimum Gasteiger partial charge on any atom is -0.478 e. The highest BCUT2D eigenvalue weighted by Gasteiger charge is 2.63. The van der Waals surface area contributed by atoms with Crippen molar-refractivity contribution in [3.8, 4) is 0 Å². The average Bonchev–Trinajstić information content (AvgIpc) is 3.03. The van der Waals surface area contributed by atoms with Crippen LogP contribution in [0.5, 0.6) is 0 Å². The van der Waals surface area contributed by atoms with Crippen molar-refractivity contribution in [2.24, 2.45) is 22.2 Å². The molecule has 2 bridgehead atoms. The lowest BCUT2D eigenvalue weighted by Crippen LogP contribution is -2.40. The van der Waals surface area contributed by atoms with Gasteiger partial charge in [-0.05, 0) is 66.6 Å². The molecule has 3 aliphatic rings. The molecular weight excluding hydrogens is 320 g/mol. The summed E-state index contributed by atoms with van der Waals surface area (Å²) in [6.07, 6.45) is 16.1. The number of fused-ring (bicyclic) bond motifs is 1. The van der Waals surface area contributed by atoms with Crippen LogP contribution in [0.2, 0.25) is 0 Å². The van der Waals surface area contributed by atoms with E-state index in [1.54, 1.807) is 12.5 Å². The Morgan fingerprint density at radius 1 is 1.23 bits per heavy atom. The summed E-state index contributed by atoms with van der Waals surface area (Å²) in [5.74, 6) is -0.0908. The third-order valence-electron chi connectivity index (χ3n) is 7.31. The standard InChI is InChI=1S/C24H32O2/c1-16(12-21(25)26)8-7-9-17(2)18-13-20-23(5,6)19-10-11-24(20,15-19)22(3,4)14-18/h7-9,12-14,19H,10-11,15H2,1-6H3,(H,25,26)/b8-7+,16-12+,17-9-/t19-,24-/m0/s1. The van der Waals surface area contributed by atoms with Crippen molar-refractivity contribution in [3.05, 3.63) is 58.7 Å². The van der Waals surface area contributed by atoms with Gasteiger partial charge in [-0.1, -0.05) is 63.6 Å². The summed E-state index contributed by atoms with van der Waals surface area (Å²) in [5, 5.41) is 8.80. The van der Waals surface area contributed by atoms with E-state index >= 15 is 0 Å². The SMILES string of the molecule is C/C(=C/C=C/C(C)=C/C(=O)O)C1=CC(C)(C)[C@@]23CC[C@@H](C2)C(C)(C)C3=C1. The van der Waals surface area contributed by atoms with Crippen LogP contribution in [0.25, 0.3) is 0 Å². The molecule has 26 heavy (non-hydrogen) atoms. The van der Waals surface area contributed by atoms with E-state index in [2.05, 4.69) is 52.8 Å². The Labute approximate surface area is 158 Å². The molecule has 2 heteroatoms. The zero-order chi connectivity index (χ0) is 19.3. The van der Waals surface area contributed by atoms with Crippen LogP contribution < -0.4 is 0 Å². The van der Waals surface area contributed by atoms with Crippen molar-refractivity contribution in [1.29, 1.82) is 0 Å². The Balaban J connectivity index is 1.92. The predicted octanol–water partition coefficient (Wildman–Crippen LogP) is 6.24. The second kappa shape index (κ2) is 6.11. The van der Waals surface area contributed by atoms with Gasteiger partial charge in [0, 0.05) is 11.5 Å². The Kier molecular flexibility index (Phi) is 4.45. The number of allylic oxidation sites excluding steroid dienone is 9. The molecule has 1 spiro atoms. The predicted molar refractivity (Wildman–Crippen MR) is 108 cm³/mol. The minimum absolute atomic E-state index is 0.173. The van der Waals surface area contributed by atoms with E-state index in [9.17, 15) is 4.79 Å². The zero-order valence-corrected chi connectivity index (χ0v) is 17.0. The van der Waals surface area contributed by atoms with Crippen molar-refractivity contribution in [2.75, 3.05) is 0 Å². The fraction of sp³-hybridized carbons (Fsp3) is 0.542. The number of rotatable bonds is 4. The van der Waals surface area contributed by atoms with E-state index in [0.717, 1.165) is 11.5 Å². The van der Waals surface area contributed by atoms with Gasteiger partial charge in [0.2, 0.25) is 0 Å². The topological polar surface area (TPSA) is 37.3 Å². The molecule has 140 valence electrons. The lowest BCUT2D eigenvalue weighted by atomic mass is 9.54. The Morgan fingerprint density at radius 3 is 2.58 bits per heavy atom. The number of carboxylic acid groups (broad SMARTS) is 1. The molecule has 1 N–H and O–H groups in total. The van der Waals surface area contributed by atoms with E-state index in [4.69, 9.17) is 5.11 Å². The molecule has 0 aromatic rings. The molecule has 0 aromatic carbocycles. The maximum atomic E-state index is 10.7. The molecule has 2 saturated carbocycles. The molecule has 0 aliphatic heterocycles. The minimum atomic E-state index is -0.905. The highest BCUT2D eigenvalue weighted by atomic mass is 16.4. The van der Waals surface area contributed by atoms with Gasteiger partial charge < -0.3 is 5.11 Å². The molecule has 0 radical (unpaired) electrons. The van der Waals surface area contributed by atoms with Crippen molar-refractivity contribution < 1.29 is 9.90 Å². The van der Waals surface area contributed by atoms with Gasteiger partial charge in [-0.15, -0.1) is 0 Å². The quantitative estimate of drug-likeness (QED) is 0.480. The van der Waals surface area contributed by atoms with E-state index in [0.29, 0.717) is 10.8 Å². The van der Waals surface area contributed by atoms with Crippen LogP contribution in [0.3, 0.4) is 0 Å². The Hall–Kier alpha value is -1.83. The van der Waals surface area contributed by atoms with Crippen LogP contribution >= 0.6 is 0 Å². The number of hydrogen-bond donors (Lipinski definition) is 1. The maximum Gasteiger partial charge on any atom is 0.328 e. The van der Waals surface area contributed by atoms with Gasteiger partial charge in [0.25, 0.3) is 0 Å². The molecule has 2 atom stereocenters. The number of carboxylic acids is 1. The first-order valence-electron chi connectivity index (χ1n) is 9.72. The number of aliphatic carboxylic acids is 1. The monoisotopic (exact) mass is 352 g/mol. The molecule has 3 aliphatic carbocycles. The molecule has 3 rings (SSSR count). The summed E-state index contributed by atoms with van der Waals surface area (Å²) >= 11 is 0. The highest BCUT2D eigenvalue weighted by molar-refractivity contribution is 5.81. The molecular formula is C24H32O2. The normalized spacial score (nSPS) is 32.5. The molecule has 0 heterocycles. The van der Waals surface area contributed by atoms with Crippen molar-refractivity contribution in [1.82, 2.24) is 0 Å². The second-order valence-corrected chi connectivity index (χ2v) is 9.56. The van der Waals surface area contributed by atoms with Gasteiger partial charge in [-0.25, -0.2) is 4.79 Å². The van der Waals surface area contributed by atoms with Crippen LogP contribution in [0.15, 0.2) is 58.7 Å². The van der Waals surface area contributed by atoms with Crippen molar-refractivity contribution >= 4 is 5.97 Å². The lowest BCUT2D eigenvalue weighted by molar-refractivity contribution is -0.131. The van der Waals surface area contributed by atoms with Crippen LogP contribution in [-0.4, -0.2) is 11.1 Å². The first-order valence-corrected chi connectivity index (χ1v) is 9.72. The van der Waals surface area contributed by atoms with Gasteiger partial charge in [0.15, 0.2) is 0 Å². The van der Waals surface area contributed by atoms with Crippen LogP contribution in [0.1, 0.15) is 60.8 Å². The number of carbonyl (C=O) groups is 1. The highest BCUT2D eigenvalue weighted by Crippen LogP contribution is 2.73. The summed E-state index contributed by atoms with van der Waals surface area (Å²) in [5.41, 5.74) is 5.77. The smallest absolute Gasteiger partial charge is 0.328 e. The molecule has 2 fully saturated rings. The second-order valence-electron chi connectivity index (χ2n) is 9.56. The van der Waals surface area contributed by atoms with Crippen LogP contribution in [-0.2, 0) is 4.79 Å². The summed E-state index contributed by atoms with van der Waals surface area (Å²) in [6.45, 7) is 13.6. The summed E-state index contributed by atoms with van der Waals surface area (Å²) in [6, 6.07) is 0. The van der Waals surface area contributed by atoms with Crippen molar-refractivity contribution in [3.63, 3.8) is 0 Å². The first kappa shape index (κ1) is 18.9.